The number of aromatic nitrogens is 1. The minimum atomic E-state index is -3.64. The third kappa shape index (κ3) is 7.52. The number of sulfonamides is 1. The van der Waals surface area contributed by atoms with Crippen molar-refractivity contribution in [3.63, 3.8) is 0 Å². The number of anilines is 1. The van der Waals surface area contributed by atoms with Crippen molar-refractivity contribution in [2.75, 3.05) is 25.5 Å². The fourth-order valence-corrected chi connectivity index (χ4v) is 6.75. The third-order valence-corrected chi connectivity index (χ3v) is 9.61. The van der Waals surface area contributed by atoms with Gasteiger partial charge in [-0.05, 0) is 73.5 Å². The van der Waals surface area contributed by atoms with E-state index >= 15 is 0 Å². The molecular formula is C30H28ClN3O7S2. The zero-order chi connectivity index (χ0) is 30.4. The Kier molecular flexibility index (Phi) is 9.61. The van der Waals surface area contributed by atoms with Crippen LogP contribution in [0.2, 0.25) is 5.02 Å². The van der Waals surface area contributed by atoms with Crippen LogP contribution in [-0.2, 0) is 19.6 Å². The van der Waals surface area contributed by atoms with Gasteiger partial charge in [-0.25, -0.2) is 18.2 Å². The van der Waals surface area contributed by atoms with Crippen LogP contribution in [0.1, 0.15) is 41.3 Å². The Labute approximate surface area is 258 Å². The maximum absolute atomic E-state index is 13.5. The van der Waals surface area contributed by atoms with Crippen LogP contribution in [0.3, 0.4) is 0 Å². The first-order chi connectivity index (χ1) is 20.7. The molecule has 5 rings (SSSR count). The molecule has 13 heteroatoms. The number of amides is 1. The van der Waals surface area contributed by atoms with E-state index in [0.29, 0.717) is 45.8 Å². The molecule has 1 N–H and O–H groups in total. The number of hydrogen-bond donors (Lipinski definition) is 1. The van der Waals surface area contributed by atoms with E-state index in [0.717, 1.165) is 30.6 Å². The van der Waals surface area contributed by atoms with Gasteiger partial charge in [0.05, 0.1) is 23.8 Å². The maximum Gasteiger partial charge on any atom is 0.337 e. The number of nitrogens with zero attached hydrogens (tertiary/aromatic N) is 2. The number of hydrogen-bond acceptors (Lipinski definition) is 9. The summed E-state index contributed by atoms with van der Waals surface area (Å²) in [7, 11) is -2.33. The second-order valence-electron chi connectivity index (χ2n) is 9.58. The van der Waals surface area contributed by atoms with E-state index in [4.69, 9.17) is 25.8 Å². The molecule has 4 aromatic rings. The first-order valence-electron chi connectivity index (χ1n) is 13.4. The molecule has 3 aromatic carbocycles. The van der Waals surface area contributed by atoms with Crippen molar-refractivity contribution in [2.24, 2.45) is 0 Å². The highest BCUT2D eigenvalue weighted by molar-refractivity contribution is 7.89. The normalized spacial score (nSPS) is 14.5. The van der Waals surface area contributed by atoms with Crippen molar-refractivity contribution in [3.05, 3.63) is 95.1 Å². The SMILES string of the molecule is COC(=O)c1ccc(Oc2cnc(NC(=O)C(Oc3ccc(Cl)cc3)c3ccc(S(=O)(=O)N4CCCCC4)cc3)s2)cc1. The predicted octanol–water partition coefficient (Wildman–Crippen LogP) is 6.31. The standard InChI is InChI=1S/C30H28ClN3O7S2/c1-39-29(36)21-5-11-23(12-6-21)40-26-19-32-30(42-26)33-28(35)27(41-24-13-9-22(31)10-14-24)20-7-15-25(16-8-20)43(37,38)34-17-3-2-4-18-34/h5-16,19,27H,2-4,17-18H2,1H3,(H,32,33,35). The minimum Gasteiger partial charge on any atom is -0.476 e. The van der Waals surface area contributed by atoms with Gasteiger partial charge in [0.15, 0.2) is 5.13 Å². The number of benzene rings is 3. The molecule has 1 saturated heterocycles. The fourth-order valence-electron chi connectivity index (χ4n) is 4.42. The summed E-state index contributed by atoms with van der Waals surface area (Å²) in [6, 6.07) is 19.1. The maximum atomic E-state index is 13.5. The number of ether oxygens (including phenoxy) is 3. The summed E-state index contributed by atoms with van der Waals surface area (Å²) in [4.78, 5) is 29.5. The van der Waals surface area contributed by atoms with Crippen LogP contribution in [0.15, 0.2) is 83.9 Å². The van der Waals surface area contributed by atoms with Crippen LogP contribution in [-0.4, -0.2) is 49.8 Å². The lowest BCUT2D eigenvalue weighted by Gasteiger charge is -2.26. The van der Waals surface area contributed by atoms with Crippen LogP contribution < -0.4 is 14.8 Å². The first-order valence-corrected chi connectivity index (χ1v) is 16.0. The van der Waals surface area contributed by atoms with Crippen molar-refractivity contribution in [1.29, 1.82) is 0 Å². The lowest BCUT2D eigenvalue weighted by Crippen LogP contribution is -2.35. The van der Waals surface area contributed by atoms with Gasteiger partial charge in [0.2, 0.25) is 21.2 Å². The van der Waals surface area contributed by atoms with Gasteiger partial charge in [-0.3, -0.25) is 10.1 Å². The highest BCUT2D eigenvalue weighted by Crippen LogP contribution is 2.32. The lowest BCUT2D eigenvalue weighted by atomic mass is 10.1. The number of thiazole rings is 1. The Bertz CT molecular complexity index is 1670. The van der Waals surface area contributed by atoms with E-state index in [1.165, 1.54) is 29.7 Å². The molecular weight excluding hydrogens is 614 g/mol. The van der Waals surface area contributed by atoms with Gasteiger partial charge in [0.1, 0.15) is 11.5 Å². The molecule has 10 nitrogen and oxygen atoms in total. The number of esters is 1. The molecule has 0 saturated carbocycles. The number of piperidine rings is 1. The summed E-state index contributed by atoms with van der Waals surface area (Å²) < 4.78 is 44.3. The quantitative estimate of drug-likeness (QED) is 0.200. The van der Waals surface area contributed by atoms with Gasteiger partial charge in [0, 0.05) is 23.7 Å². The second kappa shape index (κ2) is 13.6. The lowest BCUT2D eigenvalue weighted by molar-refractivity contribution is -0.123. The van der Waals surface area contributed by atoms with Crippen molar-refractivity contribution < 1.29 is 32.2 Å². The number of methoxy groups -OCH3 is 1. The van der Waals surface area contributed by atoms with Gasteiger partial charge >= 0.3 is 5.97 Å². The minimum absolute atomic E-state index is 0.158. The highest BCUT2D eigenvalue weighted by atomic mass is 35.5. The summed E-state index contributed by atoms with van der Waals surface area (Å²) in [6.45, 7) is 0.986. The van der Waals surface area contributed by atoms with Crippen LogP contribution in [0, 0.1) is 0 Å². The number of carbonyl (C=O) groups excluding carboxylic acids is 2. The largest absolute Gasteiger partial charge is 0.476 e. The van der Waals surface area contributed by atoms with Gasteiger partial charge < -0.3 is 14.2 Å². The fraction of sp³-hybridized carbons (Fsp3) is 0.233. The summed E-state index contributed by atoms with van der Waals surface area (Å²) in [5.74, 6) is -0.112. The second-order valence-corrected chi connectivity index (χ2v) is 12.9. The molecule has 0 bridgehead atoms. The first kappa shape index (κ1) is 30.5. The van der Waals surface area contributed by atoms with Gasteiger partial charge in [0.25, 0.3) is 5.91 Å². The molecule has 1 aromatic heterocycles. The van der Waals surface area contributed by atoms with E-state index in [2.05, 4.69) is 10.3 Å². The summed E-state index contributed by atoms with van der Waals surface area (Å²) >= 11 is 7.11. The Hall–Kier alpha value is -3.97. The predicted molar refractivity (Wildman–Crippen MR) is 162 cm³/mol. The number of halogens is 1. The molecule has 1 aliphatic rings. The summed E-state index contributed by atoms with van der Waals surface area (Å²) in [6.07, 6.45) is 3.01. The van der Waals surface area contributed by atoms with E-state index in [1.807, 2.05) is 0 Å². The number of carbonyl (C=O) groups is 2. The molecule has 224 valence electrons. The Morgan fingerprint density at radius 1 is 0.930 bits per heavy atom. The van der Waals surface area contributed by atoms with Crippen LogP contribution in [0.25, 0.3) is 0 Å². The molecule has 0 spiro atoms. The molecule has 0 radical (unpaired) electrons. The average molecular weight is 642 g/mol. The number of rotatable bonds is 10. The highest BCUT2D eigenvalue weighted by Gasteiger charge is 2.28. The Morgan fingerprint density at radius 2 is 1.58 bits per heavy atom. The molecule has 2 heterocycles. The van der Waals surface area contributed by atoms with Gasteiger partial charge in [-0.15, -0.1) is 0 Å². The van der Waals surface area contributed by atoms with Crippen LogP contribution in [0.4, 0.5) is 5.13 Å². The van der Waals surface area contributed by atoms with E-state index in [9.17, 15) is 18.0 Å². The molecule has 1 amide bonds. The average Bonchev–Trinajstić information content (AvgIpc) is 3.47. The van der Waals surface area contributed by atoms with Gasteiger partial charge in [-0.1, -0.05) is 41.5 Å². The smallest absolute Gasteiger partial charge is 0.337 e. The molecule has 1 unspecified atom stereocenters. The Balaban J connectivity index is 1.33. The topological polar surface area (TPSA) is 124 Å². The van der Waals surface area contributed by atoms with E-state index in [1.54, 1.807) is 60.7 Å². The molecule has 1 atom stereocenters. The summed E-state index contributed by atoms with van der Waals surface area (Å²) in [5, 5.41) is 3.94. The molecule has 0 aliphatic carbocycles. The summed E-state index contributed by atoms with van der Waals surface area (Å²) in [5.41, 5.74) is 0.833. The van der Waals surface area contributed by atoms with Crippen molar-refractivity contribution in [2.45, 2.75) is 30.3 Å². The number of nitrogens with one attached hydrogen (secondary N) is 1. The monoisotopic (exact) mass is 641 g/mol. The van der Waals surface area contributed by atoms with Gasteiger partial charge in [-0.2, -0.15) is 4.31 Å². The molecule has 1 aliphatic heterocycles. The van der Waals surface area contributed by atoms with Crippen molar-refractivity contribution in [3.8, 4) is 16.6 Å². The Morgan fingerprint density at radius 3 is 2.23 bits per heavy atom. The van der Waals surface area contributed by atoms with Crippen LogP contribution >= 0.6 is 22.9 Å². The molecule has 43 heavy (non-hydrogen) atoms. The van der Waals surface area contributed by atoms with Crippen LogP contribution in [0.5, 0.6) is 16.6 Å². The van der Waals surface area contributed by atoms with Crippen molar-refractivity contribution >= 4 is 50.0 Å². The molecule has 1 fully saturated rings. The zero-order valence-electron chi connectivity index (χ0n) is 23.1. The van der Waals surface area contributed by atoms with E-state index < -0.39 is 28.0 Å². The third-order valence-electron chi connectivity index (χ3n) is 6.65. The van der Waals surface area contributed by atoms with Crippen molar-refractivity contribution in [1.82, 2.24) is 9.29 Å². The van der Waals surface area contributed by atoms with E-state index in [-0.39, 0.29) is 10.0 Å². The zero-order valence-corrected chi connectivity index (χ0v) is 25.5.